The van der Waals surface area contributed by atoms with E-state index in [4.69, 9.17) is 14.2 Å². The fourth-order valence-electron chi connectivity index (χ4n) is 3.32. The topological polar surface area (TPSA) is 100 Å². The lowest BCUT2D eigenvalue weighted by Gasteiger charge is -2.20. The second-order valence-electron chi connectivity index (χ2n) is 6.60. The van der Waals surface area contributed by atoms with Crippen LogP contribution in [-0.4, -0.2) is 47.2 Å². The van der Waals surface area contributed by atoms with Crippen LogP contribution in [0.1, 0.15) is 22.1 Å². The van der Waals surface area contributed by atoms with E-state index in [1.54, 1.807) is 35.3 Å². The first kappa shape index (κ1) is 20.1. The zero-order valence-electron chi connectivity index (χ0n) is 17.3. The van der Waals surface area contributed by atoms with Crippen LogP contribution in [0, 0.1) is 0 Å². The van der Waals surface area contributed by atoms with Crippen molar-refractivity contribution in [3.63, 3.8) is 0 Å². The van der Waals surface area contributed by atoms with E-state index >= 15 is 0 Å². The summed E-state index contributed by atoms with van der Waals surface area (Å²) >= 11 is 0. The van der Waals surface area contributed by atoms with Gasteiger partial charge in [-0.3, -0.25) is 9.78 Å². The largest absolute Gasteiger partial charge is 0.493 e. The predicted molar refractivity (Wildman–Crippen MR) is 113 cm³/mol. The van der Waals surface area contributed by atoms with Crippen molar-refractivity contribution >= 4 is 16.9 Å². The normalized spacial score (nSPS) is 11.7. The van der Waals surface area contributed by atoms with Gasteiger partial charge in [-0.2, -0.15) is 0 Å². The lowest BCUT2D eigenvalue weighted by Crippen LogP contribution is -2.34. The minimum atomic E-state index is -0.632. The van der Waals surface area contributed by atoms with Crippen LogP contribution in [0.2, 0.25) is 0 Å². The molecule has 9 nitrogen and oxygen atoms in total. The van der Waals surface area contributed by atoms with Crippen molar-refractivity contribution in [2.75, 3.05) is 21.3 Å². The molecule has 1 N–H and O–H groups in total. The Bertz CT molecular complexity index is 1180. The highest BCUT2D eigenvalue weighted by atomic mass is 16.5. The van der Waals surface area contributed by atoms with Gasteiger partial charge in [0.1, 0.15) is 5.52 Å². The Morgan fingerprint density at radius 2 is 1.74 bits per heavy atom. The van der Waals surface area contributed by atoms with Crippen LogP contribution in [0.5, 0.6) is 17.2 Å². The average Bonchev–Trinajstić information content (AvgIpc) is 3.25. The third kappa shape index (κ3) is 3.85. The molecule has 4 aromatic rings. The molecule has 1 atom stereocenters. The molecule has 0 bridgehead atoms. The maximum atomic E-state index is 13.3. The molecule has 4 rings (SSSR count). The molecule has 0 unspecified atom stereocenters. The molecular weight excluding hydrogens is 398 g/mol. The summed E-state index contributed by atoms with van der Waals surface area (Å²) in [7, 11) is 4.51. The number of methoxy groups -OCH3 is 3. The first-order chi connectivity index (χ1) is 15.2. The molecular formula is C22H21N5O4. The van der Waals surface area contributed by atoms with Crippen LogP contribution in [0.15, 0.2) is 60.9 Å². The standard InChI is InChI=1S/C22H21N5O4/c1-29-18-11-15(12-19(30-2)20(18)31-3)22(28)24-21(14-7-6-10-23-13-14)27-17-9-5-4-8-16(17)25-26-27/h4-13,21H,1-3H3,(H,24,28)/t21-/m0/s1. The average molecular weight is 419 g/mol. The van der Waals surface area contributed by atoms with Gasteiger partial charge in [0.05, 0.1) is 26.8 Å². The highest BCUT2D eigenvalue weighted by Gasteiger charge is 2.23. The summed E-state index contributed by atoms with van der Waals surface area (Å²) in [5, 5.41) is 11.5. The molecule has 0 radical (unpaired) electrons. The minimum absolute atomic E-state index is 0.341. The van der Waals surface area contributed by atoms with Crippen molar-refractivity contribution in [1.82, 2.24) is 25.3 Å². The molecule has 0 aliphatic rings. The zero-order chi connectivity index (χ0) is 21.8. The molecule has 0 aliphatic heterocycles. The van der Waals surface area contributed by atoms with Crippen LogP contribution in [0.4, 0.5) is 0 Å². The number of carbonyl (C=O) groups excluding carboxylic acids is 1. The van der Waals surface area contributed by atoms with Gasteiger partial charge in [-0.15, -0.1) is 5.10 Å². The summed E-state index contributed by atoms with van der Waals surface area (Å²) in [6.45, 7) is 0. The SMILES string of the molecule is COc1cc(C(=O)N[C@H](c2cccnc2)n2nnc3ccccc32)cc(OC)c1OC. The second kappa shape index (κ2) is 8.70. The molecule has 2 aromatic carbocycles. The van der Waals surface area contributed by atoms with Crippen LogP contribution >= 0.6 is 0 Å². The molecule has 2 heterocycles. The smallest absolute Gasteiger partial charge is 0.253 e. The van der Waals surface area contributed by atoms with E-state index in [9.17, 15) is 4.79 Å². The zero-order valence-corrected chi connectivity index (χ0v) is 17.3. The van der Waals surface area contributed by atoms with Crippen molar-refractivity contribution in [2.24, 2.45) is 0 Å². The summed E-state index contributed by atoms with van der Waals surface area (Å²) in [5.74, 6) is 0.826. The molecule has 0 fully saturated rings. The van der Waals surface area contributed by atoms with Crippen LogP contribution < -0.4 is 19.5 Å². The number of fused-ring (bicyclic) bond motifs is 1. The Labute approximate surface area is 178 Å². The number of ether oxygens (including phenoxy) is 3. The lowest BCUT2D eigenvalue weighted by molar-refractivity contribution is 0.0927. The number of aromatic nitrogens is 4. The Balaban J connectivity index is 1.75. The summed E-state index contributed by atoms with van der Waals surface area (Å²) in [6, 6.07) is 14.4. The Kier molecular flexibility index (Phi) is 5.65. The van der Waals surface area contributed by atoms with E-state index in [0.717, 1.165) is 16.6 Å². The van der Waals surface area contributed by atoms with E-state index in [1.165, 1.54) is 21.3 Å². The van der Waals surface area contributed by atoms with E-state index in [2.05, 4.69) is 20.6 Å². The van der Waals surface area contributed by atoms with Gasteiger partial charge in [0.25, 0.3) is 5.91 Å². The maximum Gasteiger partial charge on any atom is 0.253 e. The van der Waals surface area contributed by atoms with E-state index in [1.807, 2.05) is 30.3 Å². The van der Waals surface area contributed by atoms with E-state index < -0.39 is 6.17 Å². The monoisotopic (exact) mass is 419 g/mol. The number of rotatable bonds is 7. The van der Waals surface area contributed by atoms with Gasteiger partial charge < -0.3 is 19.5 Å². The Morgan fingerprint density at radius 3 is 2.39 bits per heavy atom. The Morgan fingerprint density at radius 1 is 1.00 bits per heavy atom. The quantitative estimate of drug-likeness (QED) is 0.492. The fraction of sp³-hybridized carbons (Fsp3) is 0.182. The van der Waals surface area contributed by atoms with Crippen molar-refractivity contribution in [3.8, 4) is 17.2 Å². The molecule has 0 saturated heterocycles. The molecule has 31 heavy (non-hydrogen) atoms. The van der Waals surface area contributed by atoms with Crippen molar-refractivity contribution in [1.29, 1.82) is 0 Å². The number of para-hydroxylation sites is 1. The minimum Gasteiger partial charge on any atom is -0.493 e. The molecule has 0 aliphatic carbocycles. The number of hydrogen-bond donors (Lipinski definition) is 1. The maximum absolute atomic E-state index is 13.3. The summed E-state index contributed by atoms with van der Waals surface area (Å²) < 4.78 is 17.7. The number of pyridine rings is 1. The van der Waals surface area contributed by atoms with Gasteiger partial charge in [-0.05, 0) is 30.3 Å². The third-order valence-electron chi connectivity index (χ3n) is 4.82. The highest BCUT2D eigenvalue weighted by Crippen LogP contribution is 2.38. The van der Waals surface area contributed by atoms with Crippen LogP contribution in [0.25, 0.3) is 11.0 Å². The third-order valence-corrected chi connectivity index (χ3v) is 4.82. The first-order valence-electron chi connectivity index (χ1n) is 9.47. The van der Waals surface area contributed by atoms with E-state index in [0.29, 0.717) is 22.8 Å². The molecule has 0 spiro atoms. The Hall–Kier alpha value is -4.14. The van der Waals surface area contributed by atoms with Crippen molar-refractivity contribution < 1.29 is 19.0 Å². The molecule has 9 heteroatoms. The van der Waals surface area contributed by atoms with Gasteiger partial charge in [0.2, 0.25) is 5.75 Å². The highest BCUT2D eigenvalue weighted by molar-refractivity contribution is 5.96. The molecule has 158 valence electrons. The lowest BCUT2D eigenvalue weighted by atomic mass is 10.1. The number of hydrogen-bond acceptors (Lipinski definition) is 7. The molecule has 1 amide bonds. The number of benzene rings is 2. The molecule has 0 saturated carbocycles. The van der Waals surface area contributed by atoms with Crippen molar-refractivity contribution in [2.45, 2.75) is 6.17 Å². The van der Waals surface area contributed by atoms with Gasteiger partial charge in [-0.25, -0.2) is 4.68 Å². The van der Waals surface area contributed by atoms with Gasteiger partial charge in [0, 0.05) is 23.5 Å². The first-order valence-corrected chi connectivity index (χ1v) is 9.47. The number of carbonyl (C=O) groups is 1. The second-order valence-corrected chi connectivity index (χ2v) is 6.60. The fourth-order valence-corrected chi connectivity index (χ4v) is 3.32. The molecule has 2 aromatic heterocycles. The predicted octanol–water partition coefficient (Wildman–Crippen LogP) is 2.83. The van der Waals surface area contributed by atoms with Gasteiger partial charge in [0.15, 0.2) is 17.7 Å². The van der Waals surface area contributed by atoms with Gasteiger partial charge in [-0.1, -0.05) is 23.4 Å². The number of nitrogens with one attached hydrogen (secondary N) is 1. The van der Waals surface area contributed by atoms with E-state index in [-0.39, 0.29) is 5.91 Å². The van der Waals surface area contributed by atoms with Gasteiger partial charge >= 0.3 is 0 Å². The number of amides is 1. The number of nitrogens with zero attached hydrogens (tertiary/aromatic N) is 4. The van der Waals surface area contributed by atoms with Crippen molar-refractivity contribution in [3.05, 3.63) is 72.1 Å². The summed E-state index contributed by atoms with van der Waals surface area (Å²) in [4.78, 5) is 17.4. The summed E-state index contributed by atoms with van der Waals surface area (Å²) in [5.41, 5.74) is 2.59. The summed E-state index contributed by atoms with van der Waals surface area (Å²) in [6.07, 6.45) is 2.71. The van der Waals surface area contributed by atoms with Crippen LogP contribution in [0.3, 0.4) is 0 Å². The van der Waals surface area contributed by atoms with Crippen LogP contribution in [-0.2, 0) is 0 Å².